The molecule has 0 radical (unpaired) electrons. The maximum absolute atomic E-state index is 11.9. The summed E-state index contributed by atoms with van der Waals surface area (Å²) in [5.41, 5.74) is 2.95. The molecular weight excluding hydrogens is 126 g/mol. The van der Waals surface area contributed by atoms with Crippen molar-refractivity contribution in [2.45, 2.75) is 12.5 Å². The molecule has 0 bridgehead atoms. The normalized spacial score (nSPS) is 37.9. The number of nitrogens with one attached hydrogen (secondary N) is 1. The van der Waals surface area contributed by atoms with Crippen molar-refractivity contribution < 1.29 is 8.78 Å². The van der Waals surface area contributed by atoms with Gasteiger partial charge in [-0.25, -0.2) is 13.8 Å². The summed E-state index contributed by atoms with van der Waals surface area (Å²) < 4.78 is 23.8. The summed E-state index contributed by atoms with van der Waals surface area (Å²) in [4.78, 5) is 0. The Morgan fingerprint density at radius 2 is 2.56 bits per heavy atom. The summed E-state index contributed by atoms with van der Waals surface area (Å²) in [5, 5.41) is 1.77. The highest BCUT2D eigenvalue weighted by Crippen LogP contribution is 2.31. The third kappa shape index (κ3) is 0.627. The van der Waals surface area contributed by atoms with Crippen molar-refractivity contribution in [2.24, 2.45) is 0 Å². The van der Waals surface area contributed by atoms with Crippen LogP contribution in [-0.4, -0.2) is 24.0 Å². The minimum atomic E-state index is -2.28. The van der Waals surface area contributed by atoms with E-state index in [9.17, 15) is 8.78 Å². The summed E-state index contributed by atoms with van der Waals surface area (Å²) in [6.07, 6.45) is -0.895. The van der Waals surface area contributed by atoms with Gasteiger partial charge >= 0.3 is 0 Å². The lowest BCUT2D eigenvalue weighted by Crippen LogP contribution is -2.09. The van der Waals surface area contributed by atoms with Crippen LogP contribution in [0.25, 0.3) is 0 Å². The predicted octanol–water partition coefficient (Wildman–Crippen LogP) is 0.338. The molecule has 9 heavy (non-hydrogen) atoms. The van der Waals surface area contributed by atoms with Gasteiger partial charge in [-0.15, -0.1) is 0 Å². The standard InChI is InChI=1S/C5H6F2N2/c6-5(7)3-1-8-9-2-4(3)9/h1,4-5,8H,2H2. The van der Waals surface area contributed by atoms with Crippen molar-refractivity contribution in [3.05, 3.63) is 11.8 Å². The van der Waals surface area contributed by atoms with E-state index in [1.807, 2.05) is 0 Å². The van der Waals surface area contributed by atoms with Crippen LogP contribution in [0.1, 0.15) is 0 Å². The zero-order valence-electron chi connectivity index (χ0n) is 4.64. The Kier molecular flexibility index (Phi) is 0.829. The first kappa shape index (κ1) is 5.17. The maximum Gasteiger partial charge on any atom is 0.263 e. The maximum atomic E-state index is 11.9. The summed E-state index contributed by atoms with van der Waals surface area (Å²) in [6, 6.07) is 0.00463. The Morgan fingerprint density at radius 1 is 1.78 bits per heavy atom. The smallest absolute Gasteiger partial charge is 0.263 e. The van der Waals surface area contributed by atoms with Crippen molar-refractivity contribution in [1.29, 1.82) is 0 Å². The molecule has 2 nitrogen and oxygen atoms in total. The van der Waals surface area contributed by atoms with E-state index in [0.717, 1.165) is 6.54 Å². The first-order valence-corrected chi connectivity index (χ1v) is 2.80. The number of hydrogen-bond donors (Lipinski definition) is 1. The molecule has 2 rings (SSSR count). The molecule has 0 aliphatic carbocycles. The topological polar surface area (TPSA) is 15.0 Å². The molecule has 1 fully saturated rings. The number of fused-ring (bicyclic) bond motifs is 1. The minimum absolute atomic E-state index is 0.00463. The van der Waals surface area contributed by atoms with E-state index in [4.69, 9.17) is 0 Å². The Hall–Kier alpha value is -0.640. The molecule has 2 atom stereocenters. The van der Waals surface area contributed by atoms with E-state index in [0.29, 0.717) is 0 Å². The zero-order valence-corrected chi connectivity index (χ0v) is 4.64. The van der Waals surface area contributed by atoms with Gasteiger partial charge in [-0.1, -0.05) is 0 Å². The summed E-state index contributed by atoms with van der Waals surface area (Å²) in [5.74, 6) is 0. The van der Waals surface area contributed by atoms with E-state index in [1.54, 1.807) is 5.01 Å². The molecule has 2 aliphatic rings. The van der Waals surface area contributed by atoms with Crippen LogP contribution in [-0.2, 0) is 0 Å². The fourth-order valence-electron chi connectivity index (χ4n) is 1.03. The molecule has 1 N–H and O–H groups in total. The lowest BCUT2D eigenvalue weighted by atomic mass is 10.2. The highest BCUT2D eigenvalue weighted by molar-refractivity contribution is 5.25. The molecule has 2 unspecified atom stereocenters. The third-order valence-electron chi connectivity index (χ3n) is 1.65. The van der Waals surface area contributed by atoms with Gasteiger partial charge in [-0.3, -0.25) is 0 Å². The Bertz CT molecular complexity index is 166. The van der Waals surface area contributed by atoms with E-state index < -0.39 is 6.43 Å². The summed E-state index contributed by atoms with van der Waals surface area (Å²) in [7, 11) is 0. The van der Waals surface area contributed by atoms with Gasteiger partial charge in [0, 0.05) is 18.3 Å². The number of alkyl halides is 2. The van der Waals surface area contributed by atoms with Gasteiger partial charge < -0.3 is 5.43 Å². The molecule has 0 saturated carbocycles. The average molecular weight is 132 g/mol. The molecule has 1 saturated heterocycles. The van der Waals surface area contributed by atoms with E-state index >= 15 is 0 Å². The van der Waals surface area contributed by atoms with Gasteiger partial charge in [-0.05, 0) is 0 Å². The second-order valence-electron chi connectivity index (χ2n) is 2.24. The lowest BCUT2D eigenvalue weighted by molar-refractivity contribution is 0.186. The van der Waals surface area contributed by atoms with Gasteiger partial charge in [0.1, 0.15) is 0 Å². The van der Waals surface area contributed by atoms with Crippen molar-refractivity contribution in [3.8, 4) is 0 Å². The quantitative estimate of drug-likeness (QED) is 0.517. The van der Waals surface area contributed by atoms with E-state index in [1.165, 1.54) is 6.20 Å². The predicted molar refractivity (Wildman–Crippen MR) is 27.7 cm³/mol. The largest absolute Gasteiger partial charge is 0.325 e. The number of halogens is 2. The SMILES string of the molecule is FC(F)C1=CNN2CC12. The van der Waals surface area contributed by atoms with Crippen LogP contribution in [0.2, 0.25) is 0 Å². The first-order chi connectivity index (χ1) is 4.29. The fraction of sp³-hybridized carbons (Fsp3) is 0.600. The molecule has 0 spiro atoms. The van der Waals surface area contributed by atoms with Gasteiger partial charge in [0.15, 0.2) is 0 Å². The van der Waals surface area contributed by atoms with Crippen LogP contribution < -0.4 is 5.43 Å². The number of hydrogen-bond acceptors (Lipinski definition) is 2. The fourth-order valence-corrected chi connectivity index (χ4v) is 1.03. The molecular formula is C5H6F2N2. The summed E-state index contributed by atoms with van der Waals surface area (Å²) in [6.45, 7) is 0.746. The summed E-state index contributed by atoms with van der Waals surface area (Å²) >= 11 is 0. The van der Waals surface area contributed by atoms with Crippen LogP contribution >= 0.6 is 0 Å². The highest BCUT2D eigenvalue weighted by Gasteiger charge is 2.44. The first-order valence-electron chi connectivity index (χ1n) is 2.80. The molecule has 2 aliphatic heterocycles. The Morgan fingerprint density at radius 3 is 2.78 bits per heavy atom. The van der Waals surface area contributed by atoms with Gasteiger partial charge in [0.05, 0.1) is 6.04 Å². The molecule has 50 valence electrons. The van der Waals surface area contributed by atoms with Gasteiger partial charge in [0.2, 0.25) is 0 Å². The average Bonchev–Trinajstić information content (AvgIpc) is 2.43. The third-order valence-corrected chi connectivity index (χ3v) is 1.65. The van der Waals surface area contributed by atoms with Gasteiger partial charge in [-0.2, -0.15) is 0 Å². The lowest BCUT2D eigenvalue weighted by Gasteiger charge is -1.94. The molecule has 4 heteroatoms. The van der Waals surface area contributed by atoms with Crippen molar-refractivity contribution in [1.82, 2.24) is 10.4 Å². The monoisotopic (exact) mass is 132 g/mol. The molecule has 0 aromatic rings. The number of hydrazine groups is 1. The van der Waals surface area contributed by atoms with Crippen molar-refractivity contribution >= 4 is 0 Å². The highest BCUT2D eigenvalue weighted by atomic mass is 19.3. The van der Waals surface area contributed by atoms with Gasteiger partial charge in [0.25, 0.3) is 6.43 Å². The molecule has 0 amide bonds. The van der Waals surface area contributed by atoms with Crippen LogP contribution in [0.15, 0.2) is 11.8 Å². The molecule has 0 aromatic heterocycles. The van der Waals surface area contributed by atoms with E-state index in [2.05, 4.69) is 5.43 Å². The zero-order chi connectivity index (χ0) is 6.43. The Labute approximate surface area is 51.1 Å². The number of nitrogens with zero attached hydrogens (tertiary/aromatic N) is 1. The van der Waals surface area contributed by atoms with Crippen LogP contribution in [0.3, 0.4) is 0 Å². The Balaban J connectivity index is 2.11. The van der Waals surface area contributed by atoms with Crippen molar-refractivity contribution in [2.75, 3.05) is 6.54 Å². The second kappa shape index (κ2) is 1.44. The van der Waals surface area contributed by atoms with Crippen LogP contribution in [0.5, 0.6) is 0 Å². The molecule has 0 aromatic carbocycles. The van der Waals surface area contributed by atoms with Crippen LogP contribution in [0.4, 0.5) is 8.78 Å². The molecule has 2 heterocycles. The minimum Gasteiger partial charge on any atom is -0.325 e. The number of rotatable bonds is 1. The van der Waals surface area contributed by atoms with E-state index in [-0.39, 0.29) is 11.6 Å². The van der Waals surface area contributed by atoms with Crippen molar-refractivity contribution in [3.63, 3.8) is 0 Å². The van der Waals surface area contributed by atoms with Crippen LogP contribution in [0, 0.1) is 0 Å². The second-order valence-corrected chi connectivity index (χ2v) is 2.24.